The highest BCUT2D eigenvalue weighted by Gasteiger charge is 2.47. The maximum atomic E-state index is 4.46. The maximum Gasteiger partial charge on any atom is 0.0537 e. The predicted molar refractivity (Wildman–Crippen MR) is 67.9 cm³/mol. The topological polar surface area (TPSA) is 41.9 Å². The molecule has 0 aromatic carbocycles. The van der Waals surface area contributed by atoms with Crippen LogP contribution in [-0.4, -0.2) is 29.4 Å². The number of piperidine rings is 1. The standard InChI is InChI=1S/C13H22N4/c1-10(2)17-8-11(7-16-17)12-13(9-15-12)3-5-14-6-4-13/h7-8,10,12,14-15H,3-6,9H2,1-2H3. The van der Waals surface area contributed by atoms with Gasteiger partial charge in [0.15, 0.2) is 0 Å². The van der Waals surface area contributed by atoms with Gasteiger partial charge < -0.3 is 10.6 Å². The van der Waals surface area contributed by atoms with Gasteiger partial charge in [-0.3, -0.25) is 4.68 Å². The summed E-state index contributed by atoms with van der Waals surface area (Å²) in [4.78, 5) is 0. The van der Waals surface area contributed by atoms with E-state index >= 15 is 0 Å². The van der Waals surface area contributed by atoms with Gasteiger partial charge in [0.25, 0.3) is 0 Å². The molecule has 2 aliphatic rings. The van der Waals surface area contributed by atoms with Crippen LogP contribution in [0.5, 0.6) is 0 Å². The summed E-state index contributed by atoms with van der Waals surface area (Å²) in [6, 6.07) is 0.977. The predicted octanol–water partition coefficient (Wildman–Crippen LogP) is 1.48. The second-order valence-electron chi connectivity index (χ2n) is 5.77. The number of aromatic nitrogens is 2. The Labute approximate surface area is 103 Å². The van der Waals surface area contributed by atoms with Crippen molar-refractivity contribution < 1.29 is 0 Å². The molecule has 2 N–H and O–H groups in total. The van der Waals surface area contributed by atoms with Gasteiger partial charge in [-0.05, 0) is 39.8 Å². The Morgan fingerprint density at radius 1 is 1.41 bits per heavy atom. The quantitative estimate of drug-likeness (QED) is 0.814. The first-order valence-electron chi connectivity index (χ1n) is 6.69. The van der Waals surface area contributed by atoms with Crippen molar-refractivity contribution in [3.8, 4) is 0 Å². The first kappa shape index (κ1) is 11.2. The molecule has 0 radical (unpaired) electrons. The van der Waals surface area contributed by atoms with Crippen LogP contribution in [0.15, 0.2) is 12.4 Å². The van der Waals surface area contributed by atoms with Gasteiger partial charge in [0.2, 0.25) is 0 Å². The van der Waals surface area contributed by atoms with Crippen molar-refractivity contribution in [2.45, 2.75) is 38.8 Å². The maximum absolute atomic E-state index is 4.46. The molecule has 0 saturated carbocycles. The number of hydrogen-bond acceptors (Lipinski definition) is 3. The van der Waals surface area contributed by atoms with E-state index in [-0.39, 0.29) is 0 Å². The minimum absolute atomic E-state index is 0.452. The van der Waals surface area contributed by atoms with Gasteiger partial charge in [-0.15, -0.1) is 0 Å². The molecule has 0 amide bonds. The Bertz CT molecular complexity index is 390. The summed E-state index contributed by atoms with van der Waals surface area (Å²) in [5, 5.41) is 11.5. The third kappa shape index (κ3) is 1.79. The zero-order valence-corrected chi connectivity index (χ0v) is 10.7. The van der Waals surface area contributed by atoms with Gasteiger partial charge in [-0.1, -0.05) is 0 Å². The fraction of sp³-hybridized carbons (Fsp3) is 0.769. The molecular formula is C13H22N4. The van der Waals surface area contributed by atoms with E-state index in [4.69, 9.17) is 0 Å². The van der Waals surface area contributed by atoms with Gasteiger partial charge in [-0.25, -0.2) is 0 Å². The lowest BCUT2D eigenvalue weighted by Gasteiger charge is -2.52. The molecule has 1 unspecified atom stereocenters. The second-order valence-corrected chi connectivity index (χ2v) is 5.77. The van der Waals surface area contributed by atoms with Gasteiger partial charge in [0.05, 0.1) is 6.20 Å². The van der Waals surface area contributed by atoms with Gasteiger partial charge in [-0.2, -0.15) is 5.10 Å². The molecular weight excluding hydrogens is 212 g/mol. The summed E-state index contributed by atoms with van der Waals surface area (Å²) in [5.74, 6) is 0. The van der Waals surface area contributed by atoms with Crippen LogP contribution in [0.1, 0.15) is 44.3 Å². The molecule has 0 aliphatic carbocycles. The molecule has 4 heteroatoms. The van der Waals surface area contributed by atoms with Crippen LogP contribution in [0.4, 0.5) is 0 Å². The van der Waals surface area contributed by atoms with E-state index in [0.717, 1.165) is 13.1 Å². The van der Waals surface area contributed by atoms with Crippen molar-refractivity contribution in [1.29, 1.82) is 0 Å². The van der Waals surface area contributed by atoms with Crippen LogP contribution >= 0.6 is 0 Å². The van der Waals surface area contributed by atoms with Crippen molar-refractivity contribution in [1.82, 2.24) is 20.4 Å². The van der Waals surface area contributed by atoms with E-state index in [1.165, 1.54) is 24.9 Å². The minimum atomic E-state index is 0.452. The Balaban J connectivity index is 1.79. The molecule has 3 heterocycles. The highest BCUT2D eigenvalue weighted by atomic mass is 15.3. The lowest BCUT2D eigenvalue weighted by atomic mass is 9.65. The molecule has 1 spiro atoms. The van der Waals surface area contributed by atoms with Crippen molar-refractivity contribution in [3.63, 3.8) is 0 Å². The van der Waals surface area contributed by atoms with E-state index in [0.29, 0.717) is 17.5 Å². The zero-order valence-electron chi connectivity index (χ0n) is 10.7. The van der Waals surface area contributed by atoms with Crippen molar-refractivity contribution in [3.05, 3.63) is 18.0 Å². The molecule has 3 rings (SSSR count). The number of hydrogen-bond donors (Lipinski definition) is 2. The Morgan fingerprint density at radius 3 is 2.71 bits per heavy atom. The van der Waals surface area contributed by atoms with E-state index in [1.54, 1.807) is 0 Å². The largest absolute Gasteiger partial charge is 0.317 e. The first-order chi connectivity index (χ1) is 8.21. The van der Waals surface area contributed by atoms with E-state index in [1.807, 2.05) is 6.20 Å². The third-order valence-electron chi connectivity index (χ3n) is 4.35. The first-order valence-corrected chi connectivity index (χ1v) is 6.69. The molecule has 17 heavy (non-hydrogen) atoms. The number of nitrogens with zero attached hydrogens (tertiary/aromatic N) is 2. The summed E-state index contributed by atoms with van der Waals surface area (Å²) < 4.78 is 2.06. The van der Waals surface area contributed by atoms with E-state index in [9.17, 15) is 0 Å². The molecule has 94 valence electrons. The summed E-state index contributed by atoms with van der Waals surface area (Å²) in [6.45, 7) is 7.84. The normalized spacial score (nSPS) is 27.4. The molecule has 1 atom stereocenters. The number of nitrogens with one attached hydrogen (secondary N) is 2. The van der Waals surface area contributed by atoms with Crippen molar-refractivity contribution in [2.75, 3.05) is 19.6 Å². The highest BCUT2D eigenvalue weighted by molar-refractivity contribution is 5.21. The molecule has 0 bridgehead atoms. The van der Waals surface area contributed by atoms with Crippen LogP contribution in [0, 0.1) is 5.41 Å². The SMILES string of the molecule is CC(C)n1cc(C2NCC23CCNCC3)cn1. The van der Waals surface area contributed by atoms with Crippen LogP contribution in [0.25, 0.3) is 0 Å². The summed E-state index contributed by atoms with van der Waals surface area (Å²) in [6.07, 6.45) is 6.83. The second kappa shape index (κ2) is 4.10. The van der Waals surface area contributed by atoms with Crippen LogP contribution in [0.2, 0.25) is 0 Å². The fourth-order valence-corrected chi connectivity index (χ4v) is 3.14. The fourth-order valence-electron chi connectivity index (χ4n) is 3.14. The highest BCUT2D eigenvalue weighted by Crippen LogP contribution is 2.47. The molecule has 4 nitrogen and oxygen atoms in total. The summed E-state index contributed by atoms with van der Waals surface area (Å²) >= 11 is 0. The minimum Gasteiger partial charge on any atom is -0.317 e. The van der Waals surface area contributed by atoms with E-state index < -0.39 is 0 Å². The molecule has 2 aliphatic heterocycles. The summed E-state index contributed by atoms with van der Waals surface area (Å²) in [5.41, 5.74) is 1.86. The van der Waals surface area contributed by atoms with Crippen LogP contribution in [-0.2, 0) is 0 Å². The van der Waals surface area contributed by atoms with Crippen LogP contribution < -0.4 is 10.6 Å². The zero-order chi connectivity index (χ0) is 11.9. The molecule has 1 aromatic rings. The van der Waals surface area contributed by atoms with Crippen molar-refractivity contribution >= 4 is 0 Å². The van der Waals surface area contributed by atoms with E-state index in [2.05, 4.69) is 40.5 Å². The van der Waals surface area contributed by atoms with Gasteiger partial charge in [0.1, 0.15) is 0 Å². The molecule has 1 aromatic heterocycles. The van der Waals surface area contributed by atoms with Gasteiger partial charge in [0, 0.05) is 35.8 Å². The molecule has 2 fully saturated rings. The average molecular weight is 234 g/mol. The lowest BCUT2D eigenvalue weighted by Crippen LogP contribution is -2.59. The third-order valence-corrected chi connectivity index (χ3v) is 4.35. The lowest BCUT2D eigenvalue weighted by molar-refractivity contribution is 0.0435. The smallest absolute Gasteiger partial charge is 0.0537 e. The Morgan fingerprint density at radius 2 is 2.18 bits per heavy atom. The average Bonchev–Trinajstić information content (AvgIpc) is 2.78. The Kier molecular flexibility index (Phi) is 2.71. The molecule has 2 saturated heterocycles. The van der Waals surface area contributed by atoms with Gasteiger partial charge >= 0.3 is 0 Å². The summed E-state index contributed by atoms with van der Waals surface area (Å²) in [7, 11) is 0. The Hall–Kier alpha value is -0.870. The number of rotatable bonds is 2. The van der Waals surface area contributed by atoms with Crippen molar-refractivity contribution in [2.24, 2.45) is 5.41 Å². The van der Waals surface area contributed by atoms with Crippen LogP contribution in [0.3, 0.4) is 0 Å². The monoisotopic (exact) mass is 234 g/mol.